The lowest BCUT2D eigenvalue weighted by Gasteiger charge is -2.10. The van der Waals surface area contributed by atoms with Crippen LogP contribution in [-0.2, 0) is 6.42 Å². The third-order valence-electron chi connectivity index (χ3n) is 3.71. The summed E-state index contributed by atoms with van der Waals surface area (Å²) in [5.41, 5.74) is 9.07. The zero-order valence-corrected chi connectivity index (χ0v) is 14.6. The summed E-state index contributed by atoms with van der Waals surface area (Å²) in [6.07, 6.45) is 0.775. The summed E-state index contributed by atoms with van der Waals surface area (Å²) in [6.45, 7) is 7.46. The van der Waals surface area contributed by atoms with Crippen molar-refractivity contribution in [1.29, 1.82) is 0 Å². The summed E-state index contributed by atoms with van der Waals surface area (Å²) in [7, 11) is 0. The zero-order chi connectivity index (χ0) is 17.5. The molecule has 1 amide bonds. The van der Waals surface area contributed by atoms with Gasteiger partial charge in [-0.2, -0.15) is 0 Å². The molecule has 0 fully saturated rings. The molecule has 4 nitrogen and oxygen atoms in total. The Morgan fingerprint density at radius 2 is 1.88 bits per heavy atom. The molecule has 0 unspecified atom stereocenters. The van der Waals surface area contributed by atoms with Crippen LogP contribution >= 0.6 is 0 Å². The fourth-order valence-corrected chi connectivity index (χ4v) is 2.32. The Morgan fingerprint density at radius 1 is 1.17 bits per heavy atom. The van der Waals surface area contributed by atoms with Crippen molar-refractivity contribution < 1.29 is 9.53 Å². The molecule has 2 aromatic rings. The molecule has 0 aliphatic heterocycles. The summed E-state index contributed by atoms with van der Waals surface area (Å²) in [5.74, 6) is 1.30. The van der Waals surface area contributed by atoms with E-state index in [0.29, 0.717) is 23.7 Å². The lowest BCUT2D eigenvalue weighted by molar-refractivity contribution is 0.0953. The monoisotopic (exact) mass is 326 g/mol. The number of aryl methyl sites for hydroxylation is 1. The van der Waals surface area contributed by atoms with Crippen LogP contribution in [0.1, 0.15) is 35.3 Å². The average molecular weight is 326 g/mol. The van der Waals surface area contributed by atoms with Crippen molar-refractivity contribution >= 4 is 11.6 Å². The van der Waals surface area contributed by atoms with Crippen LogP contribution in [-0.4, -0.2) is 19.1 Å². The van der Waals surface area contributed by atoms with E-state index in [1.165, 1.54) is 0 Å². The predicted octanol–water partition coefficient (Wildman–Crippen LogP) is 3.58. The molecule has 0 saturated carbocycles. The standard InChI is InChI=1S/C20H26N2O2/c1-14(2)13-24-18-8-5-16(6-9-18)10-11-22-20(23)19-12-17(21)7-4-15(19)3/h4-9,12,14H,10-11,13,21H2,1-3H3,(H,22,23). The van der Waals surface area contributed by atoms with Gasteiger partial charge >= 0.3 is 0 Å². The second-order valence-electron chi connectivity index (χ2n) is 6.43. The topological polar surface area (TPSA) is 64.4 Å². The third-order valence-corrected chi connectivity index (χ3v) is 3.71. The van der Waals surface area contributed by atoms with E-state index >= 15 is 0 Å². The number of carbonyl (C=O) groups is 1. The fraction of sp³-hybridized carbons (Fsp3) is 0.350. The maximum atomic E-state index is 12.2. The van der Waals surface area contributed by atoms with Gasteiger partial charge in [0.15, 0.2) is 0 Å². The van der Waals surface area contributed by atoms with Gasteiger partial charge in [-0.1, -0.05) is 32.0 Å². The van der Waals surface area contributed by atoms with Crippen molar-refractivity contribution in [2.45, 2.75) is 27.2 Å². The molecule has 3 N–H and O–H groups in total. The summed E-state index contributed by atoms with van der Waals surface area (Å²) in [5, 5.41) is 2.94. The van der Waals surface area contributed by atoms with E-state index in [4.69, 9.17) is 10.5 Å². The highest BCUT2D eigenvalue weighted by atomic mass is 16.5. The van der Waals surface area contributed by atoms with Gasteiger partial charge < -0.3 is 15.8 Å². The number of carbonyl (C=O) groups excluding carboxylic acids is 1. The van der Waals surface area contributed by atoms with Gasteiger partial charge in [0.25, 0.3) is 5.91 Å². The third kappa shape index (κ3) is 5.30. The molecule has 0 spiro atoms. The van der Waals surface area contributed by atoms with E-state index in [0.717, 1.165) is 29.9 Å². The van der Waals surface area contributed by atoms with Crippen LogP contribution in [0, 0.1) is 12.8 Å². The van der Waals surface area contributed by atoms with Crippen molar-refractivity contribution in [2.75, 3.05) is 18.9 Å². The summed E-state index contributed by atoms with van der Waals surface area (Å²) in [4.78, 5) is 12.2. The van der Waals surface area contributed by atoms with Crippen LogP contribution in [0.15, 0.2) is 42.5 Å². The first-order chi connectivity index (χ1) is 11.5. The number of nitrogens with two attached hydrogens (primary N) is 1. The summed E-state index contributed by atoms with van der Waals surface area (Å²) >= 11 is 0. The number of hydrogen-bond acceptors (Lipinski definition) is 3. The Balaban J connectivity index is 1.83. The first kappa shape index (κ1) is 17.9. The van der Waals surface area contributed by atoms with Crippen LogP contribution in [0.5, 0.6) is 5.75 Å². The number of nitrogens with one attached hydrogen (secondary N) is 1. The number of ether oxygens (including phenoxy) is 1. The quantitative estimate of drug-likeness (QED) is 0.764. The SMILES string of the molecule is Cc1ccc(N)cc1C(=O)NCCc1ccc(OCC(C)C)cc1. The minimum atomic E-state index is -0.0864. The molecular formula is C20H26N2O2. The van der Waals surface area contributed by atoms with Crippen LogP contribution < -0.4 is 15.8 Å². The zero-order valence-electron chi connectivity index (χ0n) is 14.6. The normalized spacial score (nSPS) is 10.7. The number of nitrogen functional groups attached to an aromatic ring is 1. The molecule has 0 heterocycles. The summed E-state index contributed by atoms with van der Waals surface area (Å²) < 4.78 is 5.67. The van der Waals surface area contributed by atoms with Gasteiger partial charge in [0.2, 0.25) is 0 Å². The van der Waals surface area contributed by atoms with Gasteiger partial charge in [0.05, 0.1) is 6.61 Å². The number of rotatable bonds is 7. The molecule has 2 aromatic carbocycles. The Kier molecular flexibility index (Phi) is 6.24. The molecule has 0 atom stereocenters. The smallest absolute Gasteiger partial charge is 0.251 e. The van der Waals surface area contributed by atoms with E-state index in [2.05, 4.69) is 19.2 Å². The molecule has 24 heavy (non-hydrogen) atoms. The summed E-state index contributed by atoms with van der Waals surface area (Å²) in [6, 6.07) is 13.4. The van der Waals surface area contributed by atoms with Crippen molar-refractivity contribution in [3.8, 4) is 5.75 Å². The van der Waals surface area contributed by atoms with E-state index < -0.39 is 0 Å². The highest BCUT2D eigenvalue weighted by Gasteiger charge is 2.08. The minimum absolute atomic E-state index is 0.0864. The van der Waals surface area contributed by atoms with Crippen molar-refractivity contribution in [1.82, 2.24) is 5.32 Å². The maximum Gasteiger partial charge on any atom is 0.251 e. The minimum Gasteiger partial charge on any atom is -0.493 e. The Hall–Kier alpha value is -2.49. The van der Waals surface area contributed by atoms with Crippen LogP contribution in [0.2, 0.25) is 0 Å². The first-order valence-electron chi connectivity index (χ1n) is 8.32. The van der Waals surface area contributed by atoms with E-state index in [9.17, 15) is 4.79 Å². The molecule has 0 aliphatic rings. The highest BCUT2D eigenvalue weighted by Crippen LogP contribution is 2.14. The number of hydrogen-bond donors (Lipinski definition) is 2. The van der Waals surface area contributed by atoms with Gasteiger partial charge in [-0.3, -0.25) is 4.79 Å². The Morgan fingerprint density at radius 3 is 2.54 bits per heavy atom. The molecule has 0 radical (unpaired) electrons. The van der Waals surface area contributed by atoms with Crippen molar-refractivity contribution in [2.24, 2.45) is 5.92 Å². The number of amides is 1. The molecule has 4 heteroatoms. The van der Waals surface area contributed by atoms with Crippen LogP contribution in [0.3, 0.4) is 0 Å². The first-order valence-corrected chi connectivity index (χ1v) is 8.32. The van der Waals surface area contributed by atoms with E-state index in [1.807, 2.05) is 37.3 Å². The molecule has 2 rings (SSSR count). The van der Waals surface area contributed by atoms with Gasteiger partial charge in [-0.25, -0.2) is 0 Å². The molecule has 0 saturated heterocycles. The number of anilines is 1. The molecule has 128 valence electrons. The van der Waals surface area contributed by atoms with Gasteiger partial charge in [0, 0.05) is 17.8 Å². The molecule has 0 aliphatic carbocycles. The van der Waals surface area contributed by atoms with Gasteiger partial charge in [-0.15, -0.1) is 0 Å². The van der Waals surface area contributed by atoms with E-state index in [1.54, 1.807) is 12.1 Å². The van der Waals surface area contributed by atoms with Crippen molar-refractivity contribution in [3.63, 3.8) is 0 Å². The maximum absolute atomic E-state index is 12.2. The van der Waals surface area contributed by atoms with Gasteiger partial charge in [-0.05, 0) is 54.7 Å². The Bertz CT molecular complexity index is 679. The second-order valence-corrected chi connectivity index (χ2v) is 6.43. The molecule has 0 bridgehead atoms. The highest BCUT2D eigenvalue weighted by molar-refractivity contribution is 5.96. The van der Waals surface area contributed by atoms with E-state index in [-0.39, 0.29) is 5.91 Å². The number of benzene rings is 2. The lowest BCUT2D eigenvalue weighted by Crippen LogP contribution is -2.26. The Labute approximate surface area is 144 Å². The average Bonchev–Trinajstić information content (AvgIpc) is 2.56. The second kappa shape index (κ2) is 8.39. The predicted molar refractivity (Wildman–Crippen MR) is 98.4 cm³/mol. The molecular weight excluding hydrogens is 300 g/mol. The van der Waals surface area contributed by atoms with Crippen molar-refractivity contribution in [3.05, 3.63) is 59.2 Å². The van der Waals surface area contributed by atoms with Gasteiger partial charge in [0.1, 0.15) is 5.75 Å². The lowest BCUT2D eigenvalue weighted by atomic mass is 10.1. The fourth-order valence-electron chi connectivity index (χ4n) is 2.32. The van der Waals surface area contributed by atoms with Crippen LogP contribution in [0.25, 0.3) is 0 Å². The van der Waals surface area contributed by atoms with Crippen LogP contribution in [0.4, 0.5) is 5.69 Å². The molecule has 0 aromatic heterocycles. The largest absolute Gasteiger partial charge is 0.493 e.